The number of aryl methyl sites for hydroxylation is 1. The molecule has 0 unspecified atom stereocenters. The molecule has 6 heteroatoms. The SMILES string of the molecule is CC(=O)CCc1ccc(NC(=O)[C@H](CCCCN)CC(=O)[C@H](Cc2ccccc2)NC(C)C)cc1. The molecule has 0 fully saturated rings. The van der Waals surface area contributed by atoms with Crippen LogP contribution in [-0.4, -0.2) is 36.1 Å². The summed E-state index contributed by atoms with van der Waals surface area (Å²) in [7, 11) is 0. The zero-order valence-corrected chi connectivity index (χ0v) is 21.4. The molecule has 0 spiro atoms. The molecule has 2 aromatic carbocycles. The number of hydrogen-bond donors (Lipinski definition) is 3. The van der Waals surface area contributed by atoms with Crippen LogP contribution in [0.2, 0.25) is 0 Å². The van der Waals surface area contributed by atoms with E-state index in [1.54, 1.807) is 6.92 Å². The average Bonchev–Trinajstić information content (AvgIpc) is 2.83. The van der Waals surface area contributed by atoms with Gasteiger partial charge in [0.15, 0.2) is 5.78 Å². The van der Waals surface area contributed by atoms with Gasteiger partial charge in [0, 0.05) is 30.5 Å². The molecule has 4 N–H and O–H groups in total. The maximum absolute atomic E-state index is 13.4. The maximum atomic E-state index is 13.4. The number of amides is 1. The highest BCUT2D eigenvalue weighted by Crippen LogP contribution is 2.20. The summed E-state index contributed by atoms with van der Waals surface area (Å²) >= 11 is 0. The van der Waals surface area contributed by atoms with Crippen molar-refractivity contribution >= 4 is 23.2 Å². The lowest BCUT2D eigenvalue weighted by Gasteiger charge is -2.23. The van der Waals surface area contributed by atoms with Gasteiger partial charge in [-0.05, 0) is 62.4 Å². The Morgan fingerprint density at radius 2 is 1.60 bits per heavy atom. The van der Waals surface area contributed by atoms with Gasteiger partial charge in [0.2, 0.25) is 5.91 Å². The predicted octanol–water partition coefficient (Wildman–Crippen LogP) is 4.46. The number of ketones is 2. The molecule has 0 saturated carbocycles. The van der Waals surface area contributed by atoms with E-state index in [0.717, 1.165) is 24.0 Å². The number of anilines is 1. The van der Waals surface area contributed by atoms with Crippen molar-refractivity contribution in [2.75, 3.05) is 11.9 Å². The highest BCUT2D eigenvalue weighted by molar-refractivity contribution is 5.96. The summed E-state index contributed by atoms with van der Waals surface area (Å²) in [6, 6.07) is 17.3. The number of Topliss-reactive ketones (excluding diaryl/α,β-unsaturated/α-hetero) is 2. The molecule has 0 aliphatic rings. The number of carbonyl (C=O) groups excluding carboxylic acids is 3. The zero-order valence-electron chi connectivity index (χ0n) is 21.4. The fraction of sp³-hybridized carbons (Fsp3) is 0.483. The number of nitrogens with one attached hydrogen (secondary N) is 2. The first kappa shape index (κ1) is 28.4. The van der Waals surface area contributed by atoms with Crippen molar-refractivity contribution in [3.63, 3.8) is 0 Å². The fourth-order valence-corrected chi connectivity index (χ4v) is 4.08. The van der Waals surface area contributed by atoms with Gasteiger partial charge in [-0.2, -0.15) is 0 Å². The fourth-order valence-electron chi connectivity index (χ4n) is 4.08. The van der Waals surface area contributed by atoms with Crippen LogP contribution >= 0.6 is 0 Å². The number of benzene rings is 2. The van der Waals surface area contributed by atoms with E-state index in [-0.39, 0.29) is 36.0 Å². The standard InChI is InChI=1S/C29H41N3O3/c1-21(2)31-27(19-24-9-5-4-6-10-24)28(34)20-25(11-7-8-18-30)29(35)32-26-16-14-23(15-17-26)13-12-22(3)33/h4-6,9-10,14-17,21,25,27,31H,7-8,11-13,18-20,30H2,1-3H3,(H,32,35)/t25-,27+/m1/s1. The van der Waals surface area contributed by atoms with E-state index in [4.69, 9.17) is 5.73 Å². The van der Waals surface area contributed by atoms with E-state index in [1.165, 1.54) is 0 Å². The summed E-state index contributed by atoms with van der Waals surface area (Å²) in [6.07, 6.45) is 4.20. The van der Waals surface area contributed by atoms with E-state index in [0.29, 0.717) is 37.9 Å². The summed E-state index contributed by atoms with van der Waals surface area (Å²) in [6.45, 7) is 6.20. The third-order valence-corrected chi connectivity index (χ3v) is 6.02. The molecular formula is C29H41N3O3. The van der Waals surface area contributed by atoms with Gasteiger partial charge < -0.3 is 21.2 Å². The van der Waals surface area contributed by atoms with Gasteiger partial charge in [-0.3, -0.25) is 9.59 Å². The largest absolute Gasteiger partial charge is 0.330 e. The zero-order chi connectivity index (χ0) is 25.6. The van der Waals surface area contributed by atoms with Crippen LogP contribution in [0.4, 0.5) is 5.69 Å². The molecular weight excluding hydrogens is 438 g/mol. The first-order valence-electron chi connectivity index (χ1n) is 12.7. The molecule has 2 atom stereocenters. The topological polar surface area (TPSA) is 101 Å². The van der Waals surface area contributed by atoms with Crippen LogP contribution in [0.3, 0.4) is 0 Å². The van der Waals surface area contributed by atoms with Crippen LogP contribution < -0.4 is 16.4 Å². The second kappa shape index (κ2) is 15.2. The lowest BCUT2D eigenvalue weighted by Crippen LogP contribution is -2.43. The molecule has 2 aromatic rings. The molecule has 0 bridgehead atoms. The summed E-state index contributed by atoms with van der Waals surface area (Å²) in [5.41, 5.74) is 8.50. The van der Waals surface area contributed by atoms with Crippen LogP contribution in [-0.2, 0) is 27.2 Å². The molecule has 1 amide bonds. The van der Waals surface area contributed by atoms with Crippen molar-refractivity contribution in [1.29, 1.82) is 0 Å². The predicted molar refractivity (Wildman–Crippen MR) is 142 cm³/mol. The summed E-state index contributed by atoms with van der Waals surface area (Å²) in [5.74, 6) is -0.353. The quantitative estimate of drug-likeness (QED) is 0.309. The number of unbranched alkanes of at least 4 members (excludes halogenated alkanes) is 1. The molecule has 6 nitrogen and oxygen atoms in total. The molecule has 0 saturated heterocycles. The molecule has 0 aliphatic carbocycles. The van der Waals surface area contributed by atoms with E-state index in [9.17, 15) is 14.4 Å². The summed E-state index contributed by atoms with van der Waals surface area (Å²) < 4.78 is 0. The van der Waals surface area contributed by atoms with Gasteiger partial charge in [0.1, 0.15) is 5.78 Å². The lowest BCUT2D eigenvalue weighted by molar-refractivity contribution is -0.127. The van der Waals surface area contributed by atoms with Gasteiger partial charge >= 0.3 is 0 Å². The van der Waals surface area contributed by atoms with Crippen molar-refractivity contribution in [2.24, 2.45) is 11.7 Å². The van der Waals surface area contributed by atoms with Gasteiger partial charge in [0.05, 0.1) is 6.04 Å². The third kappa shape index (κ3) is 11.0. The van der Waals surface area contributed by atoms with E-state index >= 15 is 0 Å². The van der Waals surface area contributed by atoms with Crippen LogP contribution in [0.15, 0.2) is 54.6 Å². The number of nitrogens with two attached hydrogens (primary N) is 1. The Kier molecular flexibility index (Phi) is 12.4. The molecule has 35 heavy (non-hydrogen) atoms. The van der Waals surface area contributed by atoms with Crippen molar-refractivity contribution < 1.29 is 14.4 Å². The lowest BCUT2D eigenvalue weighted by atomic mass is 9.90. The van der Waals surface area contributed by atoms with Crippen LogP contribution in [0.5, 0.6) is 0 Å². The van der Waals surface area contributed by atoms with E-state index in [1.807, 2.05) is 68.4 Å². The molecule has 0 radical (unpaired) electrons. The normalized spacial score (nSPS) is 12.8. The Balaban J connectivity index is 2.08. The van der Waals surface area contributed by atoms with Crippen molar-refractivity contribution in [2.45, 2.75) is 77.8 Å². The Hall–Kier alpha value is -2.83. The Labute approximate surface area is 210 Å². The highest BCUT2D eigenvalue weighted by Gasteiger charge is 2.27. The van der Waals surface area contributed by atoms with Crippen molar-refractivity contribution in [3.05, 3.63) is 65.7 Å². The van der Waals surface area contributed by atoms with Gasteiger partial charge in [0.25, 0.3) is 0 Å². The Bertz CT molecular complexity index is 926. The first-order valence-corrected chi connectivity index (χ1v) is 12.7. The van der Waals surface area contributed by atoms with Gasteiger partial charge in [-0.15, -0.1) is 0 Å². The third-order valence-electron chi connectivity index (χ3n) is 6.02. The van der Waals surface area contributed by atoms with Crippen LogP contribution in [0.1, 0.15) is 64.0 Å². The molecule has 190 valence electrons. The second-order valence-corrected chi connectivity index (χ2v) is 9.60. The minimum Gasteiger partial charge on any atom is -0.330 e. The summed E-state index contributed by atoms with van der Waals surface area (Å²) in [4.78, 5) is 37.8. The summed E-state index contributed by atoms with van der Waals surface area (Å²) in [5, 5.41) is 6.38. The van der Waals surface area contributed by atoms with Gasteiger partial charge in [-0.1, -0.05) is 62.7 Å². The highest BCUT2D eigenvalue weighted by atomic mass is 16.2. The number of hydrogen-bond acceptors (Lipinski definition) is 5. The van der Waals surface area contributed by atoms with Crippen molar-refractivity contribution in [1.82, 2.24) is 5.32 Å². The molecule has 0 heterocycles. The average molecular weight is 480 g/mol. The van der Waals surface area contributed by atoms with E-state index in [2.05, 4.69) is 10.6 Å². The minimum absolute atomic E-state index is 0.0510. The smallest absolute Gasteiger partial charge is 0.227 e. The van der Waals surface area contributed by atoms with Crippen LogP contribution in [0.25, 0.3) is 0 Å². The molecule has 0 aromatic heterocycles. The second-order valence-electron chi connectivity index (χ2n) is 9.60. The van der Waals surface area contributed by atoms with E-state index < -0.39 is 5.92 Å². The van der Waals surface area contributed by atoms with Crippen molar-refractivity contribution in [3.8, 4) is 0 Å². The molecule has 2 rings (SSSR count). The maximum Gasteiger partial charge on any atom is 0.227 e. The Morgan fingerprint density at radius 1 is 0.914 bits per heavy atom. The Morgan fingerprint density at radius 3 is 2.20 bits per heavy atom. The number of rotatable bonds is 16. The first-order chi connectivity index (χ1) is 16.8. The molecule has 0 aliphatic heterocycles. The number of carbonyl (C=O) groups is 3. The van der Waals surface area contributed by atoms with Crippen LogP contribution in [0, 0.1) is 5.92 Å². The van der Waals surface area contributed by atoms with Gasteiger partial charge in [-0.25, -0.2) is 0 Å². The minimum atomic E-state index is -0.418. The monoisotopic (exact) mass is 479 g/mol.